The lowest BCUT2D eigenvalue weighted by molar-refractivity contribution is -0.0145. The molecule has 0 unspecified atom stereocenters. The Morgan fingerprint density at radius 1 is 0.429 bits per heavy atom. The molecular weight excluding hydrogens is 632 g/mol. The van der Waals surface area contributed by atoms with Crippen molar-refractivity contribution in [3.8, 4) is 0 Å². The number of rotatable bonds is 32. The summed E-state index contributed by atoms with van der Waals surface area (Å²) in [6.45, 7) is 15.9. The molecule has 11 nitrogen and oxygen atoms in total. The van der Waals surface area contributed by atoms with Crippen molar-refractivity contribution in [2.45, 2.75) is 47.8 Å². The number of hydrogen-bond acceptors (Lipinski definition) is 11. The molecule has 0 amide bonds. The Kier molecular flexibility index (Phi) is 42.2. The molecule has 2 aromatic rings. The van der Waals surface area contributed by atoms with Crippen LogP contribution in [0.15, 0.2) is 60.7 Å². The van der Waals surface area contributed by atoms with E-state index in [1.807, 2.05) is 60.7 Å². The second-order valence-electron chi connectivity index (χ2n) is 9.70. The van der Waals surface area contributed by atoms with Crippen LogP contribution < -0.4 is 0 Å². The Bertz CT molecular complexity index is 784. The lowest BCUT2D eigenvalue weighted by atomic mass is 10.2. The van der Waals surface area contributed by atoms with E-state index in [1.54, 1.807) is 6.92 Å². The Labute approximate surface area is 298 Å². The van der Waals surface area contributed by atoms with Gasteiger partial charge in [0.05, 0.1) is 132 Å². The minimum absolute atomic E-state index is 0. The Morgan fingerprint density at radius 2 is 0.673 bits per heavy atom. The second kappa shape index (κ2) is 44.0. The molecule has 0 atom stereocenters. The Hall–Kier alpha value is -2.00. The summed E-state index contributed by atoms with van der Waals surface area (Å²) in [4.78, 5) is 0. The standard InChI is InChI=1S/C18H30O5.C17H28O6.C2H6.CH4/c1-2-8-19-9-10-20-11-12-21-13-14-22-15-16-23-17-18-6-4-3-5-7-18;18-6-7-19-8-9-20-10-11-21-12-13-22-14-15-23-16-17-4-2-1-3-5-17;1-2;/h3-7H,2,8-17H2,1H3;1-5,18H,6-16H2;1-2H3;1H4/i;;1D;. The van der Waals surface area contributed by atoms with E-state index in [4.69, 9.17) is 53.8 Å². The highest BCUT2D eigenvalue weighted by atomic mass is 16.6. The molecule has 2 aromatic carbocycles. The molecule has 0 saturated heterocycles. The molecule has 0 aliphatic heterocycles. The summed E-state index contributed by atoms with van der Waals surface area (Å²) < 4.78 is 59.9. The van der Waals surface area contributed by atoms with Crippen molar-refractivity contribution in [1.82, 2.24) is 0 Å². The van der Waals surface area contributed by atoms with E-state index in [-0.39, 0.29) is 14.0 Å². The average molecular weight is 702 g/mol. The molecule has 0 aliphatic rings. The molecule has 11 heteroatoms. The van der Waals surface area contributed by atoms with Crippen molar-refractivity contribution in [3.63, 3.8) is 0 Å². The van der Waals surface area contributed by atoms with E-state index in [1.165, 1.54) is 5.56 Å². The first-order valence-corrected chi connectivity index (χ1v) is 17.0. The first-order chi connectivity index (χ1) is 24.3. The van der Waals surface area contributed by atoms with Crippen molar-refractivity contribution >= 4 is 0 Å². The summed E-state index contributed by atoms with van der Waals surface area (Å²) >= 11 is 0. The zero-order chi connectivity index (χ0) is 35.6. The van der Waals surface area contributed by atoms with E-state index < -0.39 is 0 Å². The zero-order valence-electron chi connectivity index (χ0n) is 30.6. The third-order valence-electron chi connectivity index (χ3n) is 5.78. The Morgan fingerprint density at radius 3 is 0.939 bits per heavy atom. The van der Waals surface area contributed by atoms with Gasteiger partial charge in [0.1, 0.15) is 0 Å². The molecule has 0 spiro atoms. The largest absolute Gasteiger partial charge is 0.394 e. The predicted octanol–water partition coefficient (Wildman–Crippen LogP) is 5.60. The first-order valence-electron chi connectivity index (χ1n) is 17.7. The van der Waals surface area contributed by atoms with Crippen LogP contribution >= 0.6 is 0 Å². The molecule has 0 heterocycles. The van der Waals surface area contributed by atoms with Crippen molar-refractivity contribution < 1.29 is 53.8 Å². The van der Waals surface area contributed by atoms with Gasteiger partial charge in [-0.3, -0.25) is 0 Å². The molecule has 0 bridgehead atoms. The molecular formula is C38H68O11. The minimum Gasteiger partial charge on any atom is -0.394 e. The molecule has 0 radical (unpaired) electrons. The van der Waals surface area contributed by atoms with Gasteiger partial charge in [0, 0.05) is 7.98 Å². The highest BCUT2D eigenvalue weighted by molar-refractivity contribution is 5.14. The third kappa shape index (κ3) is 38.7. The van der Waals surface area contributed by atoms with Crippen LogP contribution in [0.2, 0.25) is 0 Å². The maximum atomic E-state index is 8.50. The van der Waals surface area contributed by atoms with Gasteiger partial charge >= 0.3 is 0 Å². The lowest BCUT2D eigenvalue weighted by Gasteiger charge is -2.07. The number of ether oxygens (including phenoxy) is 10. The van der Waals surface area contributed by atoms with Gasteiger partial charge < -0.3 is 52.5 Å². The normalized spacial score (nSPS) is 10.7. The maximum absolute atomic E-state index is 8.50. The number of benzene rings is 2. The van der Waals surface area contributed by atoms with Crippen LogP contribution in [0.4, 0.5) is 0 Å². The Balaban J connectivity index is 0. The van der Waals surface area contributed by atoms with Crippen LogP contribution in [0, 0.1) is 0 Å². The summed E-state index contributed by atoms with van der Waals surface area (Å²) in [5, 5.41) is 8.50. The first kappa shape index (κ1) is 47.0. The van der Waals surface area contributed by atoms with Crippen LogP contribution in [0.3, 0.4) is 0 Å². The molecule has 0 aromatic heterocycles. The zero-order valence-corrected chi connectivity index (χ0v) is 29.6. The van der Waals surface area contributed by atoms with Gasteiger partial charge in [0.15, 0.2) is 0 Å². The average Bonchev–Trinajstić information content (AvgIpc) is 3.13. The van der Waals surface area contributed by atoms with E-state index in [2.05, 4.69) is 6.92 Å². The predicted molar refractivity (Wildman–Crippen MR) is 194 cm³/mol. The van der Waals surface area contributed by atoms with Crippen molar-refractivity contribution in [2.24, 2.45) is 0 Å². The van der Waals surface area contributed by atoms with Gasteiger partial charge in [0.2, 0.25) is 0 Å². The quantitative estimate of drug-likeness (QED) is 0.0962. The van der Waals surface area contributed by atoms with Gasteiger partial charge in [0.25, 0.3) is 0 Å². The summed E-state index contributed by atoms with van der Waals surface area (Å²) in [6, 6.07) is 20.2. The minimum atomic E-state index is 0. The highest BCUT2D eigenvalue weighted by Gasteiger charge is 1.96. The number of hydrogen-bond donors (Lipinski definition) is 1. The van der Waals surface area contributed by atoms with Gasteiger partial charge in [-0.05, 0) is 17.5 Å². The highest BCUT2D eigenvalue weighted by Crippen LogP contribution is 2.01. The fourth-order valence-corrected chi connectivity index (χ4v) is 3.50. The lowest BCUT2D eigenvalue weighted by Crippen LogP contribution is -2.13. The third-order valence-corrected chi connectivity index (χ3v) is 5.78. The molecule has 49 heavy (non-hydrogen) atoms. The smallest absolute Gasteiger partial charge is 0.0718 e. The van der Waals surface area contributed by atoms with Crippen molar-refractivity contribution in [2.75, 3.05) is 126 Å². The van der Waals surface area contributed by atoms with Gasteiger partial charge in [-0.2, -0.15) is 0 Å². The van der Waals surface area contributed by atoms with Crippen LogP contribution in [-0.4, -0.2) is 131 Å². The SMILES string of the molecule is C.CCCOCCOCCOCCOCCOCc1ccccc1.OCCOCCOCCOCCOCCOCc1ccccc1.[2H]CC. The number of aliphatic hydroxyl groups is 1. The fraction of sp³-hybridized carbons (Fsp3) is 0.684. The van der Waals surface area contributed by atoms with E-state index >= 15 is 0 Å². The molecule has 0 fully saturated rings. The molecule has 286 valence electrons. The van der Waals surface area contributed by atoms with Crippen molar-refractivity contribution in [1.29, 1.82) is 0 Å². The van der Waals surface area contributed by atoms with Crippen LogP contribution in [-0.2, 0) is 60.6 Å². The fourth-order valence-electron chi connectivity index (χ4n) is 3.50. The van der Waals surface area contributed by atoms with Gasteiger partial charge in [-0.25, -0.2) is 0 Å². The maximum Gasteiger partial charge on any atom is 0.0718 e. The molecule has 0 aliphatic carbocycles. The summed E-state index contributed by atoms with van der Waals surface area (Å²) in [7, 11) is 0. The molecule has 1 N–H and O–H groups in total. The van der Waals surface area contributed by atoms with Crippen LogP contribution in [0.25, 0.3) is 0 Å². The van der Waals surface area contributed by atoms with E-state index in [0.717, 1.165) is 18.6 Å². The summed E-state index contributed by atoms with van der Waals surface area (Å²) in [6.07, 6.45) is 1.04. The molecule has 0 saturated carbocycles. The van der Waals surface area contributed by atoms with Crippen molar-refractivity contribution in [3.05, 3.63) is 71.8 Å². The molecule has 2 rings (SSSR count). The van der Waals surface area contributed by atoms with Crippen LogP contribution in [0.5, 0.6) is 0 Å². The van der Waals surface area contributed by atoms with E-state index in [0.29, 0.717) is 132 Å². The summed E-state index contributed by atoms with van der Waals surface area (Å²) in [5.41, 5.74) is 2.34. The van der Waals surface area contributed by atoms with Gasteiger partial charge in [-0.1, -0.05) is 88.8 Å². The van der Waals surface area contributed by atoms with E-state index in [9.17, 15) is 0 Å². The monoisotopic (exact) mass is 701 g/mol. The number of aliphatic hydroxyl groups excluding tert-OH is 1. The second-order valence-corrected chi connectivity index (χ2v) is 9.70. The van der Waals surface area contributed by atoms with Gasteiger partial charge in [-0.15, -0.1) is 0 Å². The summed E-state index contributed by atoms with van der Waals surface area (Å²) in [5.74, 6) is 0. The van der Waals surface area contributed by atoms with Crippen LogP contribution in [0.1, 0.15) is 47.1 Å². The topological polar surface area (TPSA) is 113 Å².